The Morgan fingerprint density at radius 1 is 1.00 bits per heavy atom. The van der Waals surface area contributed by atoms with Crippen molar-refractivity contribution in [2.75, 3.05) is 19.1 Å². The number of rotatable bonds is 4. The molecular weight excluding hydrogens is 564 g/mol. The Bertz CT molecular complexity index is 1570. The largest absolute Gasteiger partial charge is 0.466 e. The smallest absolute Gasteiger partial charge is 0.355 e. The molecule has 2 atom stereocenters. The van der Waals surface area contributed by atoms with Gasteiger partial charge in [0.15, 0.2) is 5.41 Å². The minimum absolute atomic E-state index is 0.0984. The summed E-state index contributed by atoms with van der Waals surface area (Å²) in [6.07, 6.45) is 4.63. The van der Waals surface area contributed by atoms with E-state index in [2.05, 4.69) is 28.1 Å². The molecule has 0 saturated heterocycles. The fourth-order valence-corrected chi connectivity index (χ4v) is 6.15. The van der Waals surface area contributed by atoms with E-state index in [4.69, 9.17) is 9.47 Å². The molecule has 0 N–H and O–H groups in total. The lowest BCUT2D eigenvalue weighted by Gasteiger charge is -2.51. The van der Waals surface area contributed by atoms with E-state index in [1.165, 1.54) is 16.0 Å². The third-order valence-corrected chi connectivity index (χ3v) is 7.91. The van der Waals surface area contributed by atoms with Crippen LogP contribution in [0, 0.1) is 28.1 Å². The van der Waals surface area contributed by atoms with Crippen LogP contribution in [0.15, 0.2) is 88.7 Å². The number of carbonyl (C=O) groups excluding carboxylic acids is 3. The Balaban J connectivity index is 1.95. The lowest BCUT2D eigenvalue weighted by Crippen LogP contribution is -2.66. The molecule has 2 aromatic carbocycles. The topological polar surface area (TPSA) is 124 Å². The van der Waals surface area contributed by atoms with E-state index in [0.29, 0.717) is 10.2 Å². The molecule has 1 spiro atoms. The number of esters is 2. The third kappa shape index (κ3) is 3.38. The molecule has 3 heterocycles. The van der Waals surface area contributed by atoms with Crippen LogP contribution in [0.2, 0.25) is 0 Å². The zero-order valence-corrected chi connectivity index (χ0v) is 22.5. The van der Waals surface area contributed by atoms with Gasteiger partial charge in [-0.05, 0) is 29.3 Å². The zero-order valence-electron chi connectivity index (χ0n) is 20.9. The monoisotopic (exact) mass is 584 g/mol. The fourth-order valence-electron chi connectivity index (χ4n) is 5.78. The number of ether oxygens (including phenoxy) is 2. The number of allylic oxidation sites excluding steroid dienone is 2. The molecule has 0 saturated carbocycles. The fraction of sp³-hybridized carbons (Fsp3) is 0.207. The number of methoxy groups -OCH3 is 2. The first-order chi connectivity index (χ1) is 18.8. The SMILES string of the molecule is COC(=O)C1=C(C(=O)OC)[C@]2(C(=O)N(Cc3ccccc3)c3ccccc32)C(C#N)(C#N)[C@H]2C=C(Br)C=CN12. The van der Waals surface area contributed by atoms with E-state index in [1.54, 1.807) is 36.4 Å². The first-order valence-corrected chi connectivity index (χ1v) is 12.6. The van der Waals surface area contributed by atoms with Crippen LogP contribution in [-0.2, 0) is 35.8 Å². The average molecular weight is 585 g/mol. The number of nitrogens with zero attached hydrogens (tertiary/aromatic N) is 4. The maximum atomic E-state index is 14.9. The molecule has 2 aromatic rings. The number of amides is 1. The highest BCUT2D eigenvalue weighted by molar-refractivity contribution is 9.11. The number of hydrogen-bond donors (Lipinski definition) is 0. The number of benzene rings is 2. The molecule has 5 rings (SSSR count). The van der Waals surface area contributed by atoms with Crippen LogP contribution in [-0.4, -0.2) is 43.0 Å². The van der Waals surface area contributed by atoms with E-state index >= 15 is 0 Å². The maximum Gasteiger partial charge on any atom is 0.355 e. The first-order valence-electron chi connectivity index (χ1n) is 11.9. The number of anilines is 1. The van der Waals surface area contributed by atoms with Crippen molar-refractivity contribution in [3.05, 3.63) is 99.8 Å². The summed E-state index contributed by atoms with van der Waals surface area (Å²) in [5.41, 5.74) is -3.71. The highest BCUT2D eigenvalue weighted by Gasteiger charge is 2.75. The van der Waals surface area contributed by atoms with Crippen molar-refractivity contribution in [3.8, 4) is 12.1 Å². The summed E-state index contributed by atoms with van der Waals surface area (Å²) >= 11 is 3.40. The third-order valence-electron chi connectivity index (χ3n) is 7.39. The second-order valence-electron chi connectivity index (χ2n) is 9.10. The molecule has 194 valence electrons. The van der Waals surface area contributed by atoms with Gasteiger partial charge in [0.2, 0.25) is 5.91 Å². The van der Waals surface area contributed by atoms with E-state index < -0.39 is 40.3 Å². The lowest BCUT2D eigenvalue weighted by molar-refractivity contribution is -0.144. The molecule has 3 aliphatic rings. The van der Waals surface area contributed by atoms with Gasteiger partial charge in [0.1, 0.15) is 11.1 Å². The maximum absolute atomic E-state index is 14.9. The van der Waals surface area contributed by atoms with E-state index in [1.807, 2.05) is 30.3 Å². The standard InChI is InChI=1S/C29H21BrN4O5/c1-38-25(35)23-24(26(36)39-2)33-13-12-19(30)14-22(33)28(16-31,17-32)29(23)20-10-6-7-11-21(20)34(27(29)37)15-18-8-4-3-5-9-18/h3-14,22H,15H2,1-2H3/t22-,29-/m1/s1. The minimum atomic E-state index is -2.23. The van der Waals surface area contributed by atoms with Crippen LogP contribution >= 0.6 is 15.9 Å². The Hall–Kier alpha value is -4.67. The summed E-state index contributed by atoms with van der Waals surface area (Å²) in [4.78, 5) is 44.7. The van der Waals surface area contributed by atoms with Gasteiger partial charge in [0, 0.05) is 16.4 Å². The summed E-state index contributed by atoms with van der Waals surface area (Å²) in [5.74, 6) is -2.65. The predicted molar refractivity (Wildman–Crippen MR) is 142 cm³/mol. The van der Waals surface area contributed by atoms with Gasteiger partial charge in [-0.1, -0.05) is 64.5 Å². The van der Waals surface area contributed by atoms with Gasteiger partial charge in [-0.3, -0.25) is 4.79 Å². The van der Waals surface area contributed by atoms with E-state index in [-0.39, 0.29) is 17.8 Å². The van der Waals surface area contributed by atoms with Gasteiger partial charge >= 0.3 is 11.9 Å². The average Bonchev–Trinajstić information content (AvgIpc) is 3.21. The van der Waals surface area contributed by atoms with Crippen LogP contribution in [0.25, 0.3) is 0 Å². The molecule has 39 heavy (non-hydrogen) atoms. The normalized spacial score (nSPS) is 22.4. The summed E-state index contributed by atoms with van der Waals surface area (Å²) in [6.45, 7) is 0.0984. The van der Waals surface area contributed by atoms with Gasteiger partial charge in [0.05, 0.1) is 44.5 Å². The van der Waals surface area contributed by atoms with Crippen molar-refractivity contribution in [1.82, 2.24) is 4.90 Å². The van der Waals surface area contributed by atoms with Crippen LogP contribution in [0.3, 0.4) is 0 Å². The molecule has 3 aliphatic heterocycles. The predicted octanol–water partition coefficient (Wildman–Crippen LogP) is 3.60. The molecule has 0 bridgehead atoms. The summed E-state index contributed by atoms with van der Waals surface area (Å²) in [5, 5.41) is 21.7. The molecule has 0 aliphatic carbocycles. The van der Waals surface area contributed by atoms with Crippen molar-refractivity contribution in [2.24, 2.45) is 5.41 Å². The van der Waals surface area contributed by atoms with Gasteiger partial charge in [-0.15, -0.1) is 0 Å². The van der Waals surface area contributed by atoms with E-state index in [0.717, 1.165) is 19.8 Å². The van der Waals surface area contributed by atoms with Crippen molar-refractivity contribution in [3.63, 3.8) is 0 Å². The number of fused-ring (bicyclic) bond motifs is 3. The Morgan fingerprint density at radius 2 is 1.64 bits per heavy atom. The number of para-hydroxylation sites is 1. The molecule has 0 radical (unpaired) electrons. The second-order valence-corrected chi connectivity index (χ2v) is 10.0. The zero-order chi connectivity index (χ0) is 27.9. The second kappa shape index (κ2) is 9.57. The van der Waals surface area contributed by atoms with Crippen LogP contribution < -0.4 is 4.90 Å². The van der Waals surface area contributed by atoms with Crippen molar-refractivity contribution in [2.45, 2.75) is 18.0 Å². The van der Waals surface area contributed by atoms with Crippen LogP contribution in [0.4, 0.5) is 5.69 Å². The van der Waals surface area contributed by atoms with Crippen molar-refractivity contribution >= 4 is 39.5 Å². The number of hydrogen-bond acceptors (Lipinski definition) is 8. The Kier molecular flexibility index (Phi) is 6.37. The molecule has 10 heteroatoms. The van der Waals surface area contributed by atoms with Gasteiger partial charge in [-0.2, -0.15) is 10.5 Å². The highest BCUT2D eigenvalue weighted by Crippen LogP contribution is 2.62. The van der Waals surface area contributed by atoms with Gasteiger partial charge < -0.3 is 19.3 Å². The van der Waals surface area contributed by atoms with E-state index in [9.17, 15) is 24.9 Å². The molecule has 0 unspecified atom stereocenters. The summed E-state index contributed by atoms with van der Waals surface area (Å²) in [7, 11) is 2.26. The minimum Gasteiger partial charge on any atom is -0.466 e. The Morgan fingerprint density at radius 3 is 2.28 bits per heavy atom. The first kappa shape index (κ1) is 26.0. The van der Waals surface area contributed by atoms with Crippen LogP contribution in [0.1, 0.15) is 11.1 Å². The van der Waals surface area contributed by atoms with Gasteiger partial charge in [0.25, 0.3) is 0 Å². The molecule has 0 fully saturated rings. The van der Waals surface area contributed by atoms with Crippen molar-refractivity contribution < 1.29 is 23.9 Å². The summed E-state index contributed by atoms with van der Waals surface area (Å²) in [6, 6.07) is 19.0. The molecule has 0 aromatic heterocycles. The van der Waals surface area contributed by atoms with Crippen LogP contribution in [0.5, 0.6) is 0 Å². The number of carbonyl (C=O) groups is 3. The molecular formula is C29H21BrN4O5. The lowest BCUT2D eigenvalue weighted by atomic mass is 9.52. The van der Waals surface area contributed by atoms with Gasteiger partial charge in [-0.25, -0.2) is 9.59 Å². The Labute approximate surface area is 232 Å². The molecule has 9 nitrogen and oxygen atoms in total. The molecule has 1 amide bonds. The summed E-state index contributed by atoms with van der Waals surface area (Å²) < 4.78 is 10.7. The van der Waals surface area contributed by atoms with Crippen molar-refractivity contribution in [1.29, 1.82) is 10.5 Å². The number of nitriles is 2. The quantitative estimate of drug-likeness (QED) is 0.499. The number of halogens is 1. The highest BCUT2D eigenvalue weighted by atomic mass is 79.9.